The summed E-state index contributed by atoms with van der Waals surface area (Å²) in [4.78, 5) is 17.8. The zero-order valence-electron chi connectivity index (χ0n) is 17.5. The average molecular weight is 500 g/mol. The van der Waals surface area contributed by atoms with Crippen LogP contribution in [0.15, 0.2) is 64.2 Å². The smallest absolute Gasteiger partial charge is 0.253 e. The topological polar surface area (TPSA) is 99.6 Å². The maximum absolute atomic E-state index is 13.2. The van der Waals surface area contributed by atoms with Gasteiger partial charge in [0.15, 0.2) is 0 Å². The molecule has 1 unspecified atom stereocenters. The molecule has 0 bridgehead atoms. The number of rotatable bonds is 5. The van der Waals surface area contributed by atoms with Crippen LogP contribution in [0.3, 0.4) is 0 Å². The molecule has 1 fully saturated rings. The van der Waals surface area contributed by atoms with Gasteiger partial charge in [0.05, 0.1) is 15.8 Å². The molecule has 1 aliphatic heterocycles. The Balaban J connectivity index is 1.41. The number of amides is 1. The number of phenols is 1. The third-order valence-corrected chi connectivity index (χ3v) is 9.95. The van der Waals surface area contributed by atoms with E-state index in [0.29, 0.717) is 29.2 Å². The van der Waals surface area contributed by atoms with Crippen molar-refractivity contribution in [2.75, 3.05) is 11.9 Å². The molecule has 0 saturated carbocycles. The van der Waals surface area contributed by atoms with Crippen molar-refractivity contribution in [3.8, 4) is 16.3 Å². The van der Waals surface area contributed by atoms with Crippen LogP contribution in [0.2, 0.25) is 0 Å². The van der Waals surface area contributed by atoms with Gasteiger partial charge in [-0.3, -0.25) is 4.79 Å². The van der Waals surface area contributed by atoms with Crippen LogP contribution in [-0.2, 0) is 14.8 Å². The molecule has 2 aromatic carbocycles. The van der Waals surface area contributed by atoms with Crippen molar-refractivity contribution in [3.63, 3.8) is 0 Å². The van der Waals surface area contributed by atoms with Crippen LogP contribution in [0.5, 0.6) is 5.75 Å². The molecule has 10 heteroatoms. The van der Waals surface area contributed by atoms with Gasteiger partial charge in [0.1, 0.15) is 21.0 Å². The molecule has 1 amide bonds. The van der Waals surface area contributed by atoms with Crippen molar-refractivity contribution in [2.24, 2.45) is 0 Å². The standard InChI is InChI=1S/C23H21N3O4S3/c27-19-11-10-15(14-16(19)23-25-17-6-1-2-8-20(17)32-23)24-22(28)18-7-3-4-12-26(18)33(29,30)21-9-5-13-31-21/h1-2,5-6,8-11,13-14,18,27H,3-4,7,12H2,(H,24,28). The number of phenolic OH excluding ortho intramolecular Hbond substituents is 1. The van der Waals surface area contributed by atoms with E-state index in [9.17, 15) is 18.3 Å². The maximum atomic E-state index is 13.2. The fourth-order valence-electron chi connectivity index (χ4n) is 3.98. The summed E-state index contributed by atoms with van der Waals surface area (Å²) < 4.78 is 28.8. The van der Waals surface area contributed by atoms with Gasteiger partial charge in [-0.1, -0.05) is 24.6 Å². The van der Waals surface area contributed by atoms with E-state index in [0.717, 1.165) is 34.4 Å². The summed E-state index contributed by atoms with van der Waals surface area (Å²) in [5, 5.41) is 15.6. The first-order valence-electron chi connectivity index (χ1n) is 10.5. The molecule has 2 N–H and O–H groups in total. The van der Waals surface area contributed by atoms with E-state index in [1.54, 1.807) is 29.6 Å². The van der Waals surface area contributed by atoms with Gasteiger partial charge < -0.3 is 10.4 Å². The van der Waals surface area contributed by atoms with Crippen LogP contribution in [0, 0.1) is 0 Å². The van der Waals surface area contributed by atoms with Gasteiger partial charge in [-0.2, -0.15) is 4.31 Å². The minimum absolute atomic E-state index is 0.0617. The summed E-state index contributed by atoms with van der Waals surface area (Å²) in [7, 11) is -3.74. The Hall–Kier alpha value is -2.79. The van der Waals surface area contributed by atoms with Crippen LogP contribution in [0.25, 0.3) is 20.8 Å². The molecule has 5 rings (SSSR count). The van der Waals surface area contributed by atoms with Gasteiger partial charge in [0.25, 0.3) is 10.0 Å². The number of aromatic hydroxyl groups is 1. The van der Waals surface area contributed by atoms with E-state index in [2.05, 4.69) is 10.3 Å². The van der Waals surface area contributed by atoms with Crippen LogP contribution in [-0.4, -0.2) is 41.3 Å². The molecule has 3 heterocycles. The number of aromatic nitrogens is 1. The lowest BCUT2D eigenvalue weighted by Gasteiger charge is -2.33. The summed E-state index contributed by atoms with van der Waals surface area (Å²) in [6.07, 6.45) is 1.95. The number of carbonyl (C=O) groups is 1. The normalized spacial score (nSPS) is 17.3. The van der Waals surface area contributed by atoms with E-state index >= 15 is 0 Å². The third kappa shape index (κ3) is 4.26. The number of sulfonamides is 1. The number of anilines is 1. The maximum Gasteiger partial charge on any atom is 0.253 e. The van der Waals surface area contributed by atoms with Crippen LogP contribution in [0.1, 0.15) is 19.3 Å². The Labute approximate surface area is 199 Å². The molecule has 4 aromatic rings. The Morgan fingerprint density at radius 2 is 1.97 bits per heavy atom. The second-order valence-corrected chi connectivity index (χ2v) is 11.9. The fraction of sp³-hybridized carbons (Fsp3) is 0.217. The lowest BCUT2D eigenvalue weighted by molar-refractivity contribution is -0.120. The van der Waals surface area contributed by atoms with Gasteiger partial charge in [-0.25, -0.2) is 13.4 Å². The highest BCUT2D eigenvalue weighted by Crippen LogP contribution is 2.37. The van der Waals surface area contributed by atoms with Gasteiger partial charge in [0, 0.05) is 12.2 Å². The first kappa shape index (κ1) is 22.0. The molecule has 1 atom stereocenters. The summed E-state index contributed by atoms with van der Waals surface area (Å²) in [6.45, 7) is 0.310. The highest BCUT2D eigenvalue weighted by atomic mass is 32.2. The SMILES string of the molecule is O=C(Nc1ccc(O)c(-c2nc3ccccc3s2)c1)C1CCCCN1S(=O)(=O)c1cccs1. The number of nitrogens with one attached hydrogen (secondary N) is 1. The Bertz CT molecular complexity index is 1380. The number of nitrogens with zero attached hydrogens (tertiary/aromatic N) is 2. The quantitative estimate of drug-likeness (QED) is 0.380. The first-order valence-corrected chi connectivity index (χ1v) is 13.6. The van der Waals surface area contributed by atoms with E-state index < -0.39 is 16.1 Å². The Kier molecular flexibility index (Phi) is 5.92. The van der Waals surface area contributed by atoms with Crippen molar-refractivity contribution in [3.05, 3.63) is 60.0 Å². The molecule has 170 valence electrons. The number of carbonyl (C=O) groups excluding carboxylic acids is 1. The zero-order valence-corrected chi connectivity index (χ0v) is 19.9. The highest BCUT2D eigenvalue weighted by molar-refractivity contribution is 7.91. The molecule has 7 nitrogen and oxygen atoms in total. The number of hydrogen-bond acceptors (Lipinski definition) is 7. The van der Waals surface area contributed by atoms with Gasteiger partial charge in [-0.05, 0) is 54.6 Å². The lowest BCUT2D eigenvalue weighted by atomic mass is 10.0. The van der Waals surface area contributed by atoms with E-state index in [4.69, 9.17) is 0 Å². The summed E-state index contributed by atoms with van der Waals surface area (Å²) in [6, 6.07) is 15.0. The number of thiophene rings is 1. The number of fused-ring (bicyclic) bond motifs is 1. The molecule has 2 aromatic heterocycles. The van der Waals surface area contributed by atoms with Crippen molar-refractivity contribution in [1.29, 1.82) is 0 Å². The summed E-state index contributed by atoms with van der Waals surface area (Å²) >= 11 is 2.60. The summed E-state index contributed by atoms with van der Waals surface area (Å²) in [5.41, 5.74) is 1.83. The fourth-order valence-corrected chi connectivity index (χ4v) is 7.75. The molecular formula is C23H21N3O4S3. The second kappa shape index (κ2) is 8.86. The molecular weight excluding hydrogens is 478 g/mol. The van der Waals surface area contributed by atoms with Crippen molar-refractivity contribution in [2.45, 2.75) is 29.5 Å². The van der Waals surface area contributed by atoms with E-state index in [-0.39, 0.29) is 15.9 Å². The predicted molar refractivity (Wildman–Crippen MR) is 131 cm³/mol. The molecule has 0 aliphatic carbocycles. The van der Waals surface area contributed by atoms with Gasteiger partial charge in [0.2, 0.25) is 5.91 Å². The number of thiazole rings is 1. The van der Waals surface area contributed by atoms with Crippen LogP contribution < -0.4 is 5.32 Å². The second-order valence-electron chi connectivity index (χ2n) is 7.77. The van der Waals surface area contributed by atoms with Crippen molar-refractivity contribution in [1.82, 2.24) is 9.29 Å². The number of benzene rings is 2. The van der Waals surface area contributed by atoms with Crippen molar-refractivity contribution < 1.29 is 18.3 Å². The Morgan fingerprint density at radius 3 is 2.76 bits per heavy atom. The average Bonchev–Trinajstić information content (AvgIpc) is 3.51. The van der Waals surface area contributed by atoms with Gasteiger partial charge in [-0.15, -0.1) is 22.7 Å². The minimum Gasteiger partial charge on any atom is -0.507 e. The number of piperidine rings is 1. The van der Waals surface area contributed by atoms with E-state index in [1.807, 2.05) is 24.3 Å². The van der Waals surface area contributed by atoms with E-state index in [1.165, 1.54) is 21.7 Å². The summed E-state index contributed by atoms with van der Waals surface area (Å²) in [5.74, 6) is -0.317. The zero-order chi connectivity index (χ0) is 23.0. The highest BCUT2D eigenvalue weighted by Gasteiger charge is 2.38. The lowest BCUT2D eigenvalue weighted by Crippen LogP contribution is -2.49. The monoisotopic (exact) mass is 499 g/mol. The van der Waals surface area contributed by atoms with Crippen LogP contribution >= 0.6 is 22.7 Å². The minimum atomic E-state index is -3.74. The molecule has 33 heavy (non-hydrogen) atoms. The van der Waals surface area contributed by atoms with Gasteiger partial charge >= 0.3 is 0 Å². The molecule has 0 spiro atoms. The third-order valence-electron chi connectivity index (χ3n) is 5.60. The molecule has 0 radical (unpaired) electrons. The predicted octanol–water partition coefficient (Wildman–Crippen LogP) is 4.91. The van der Waals surface area contributed by atoms with Crippen molar-refractivity contribution >= 4 is 54.5 Å². The number of para-hydroxylation sites is 1. The number of hydrogen-bond donors (Lipinski definition) is 2. The molecule has 1 aliphatic rings. The van der Waals surface area contributed by atoms with Crippen LogP contribution in [0.4, 0.5) is 5.69 Å². The largest absolute Gasteiger partial charge is 0.507 e. The Morgan fingerprint density at radius 1 is 1.12 bits per heavy atom. The first-order chi connectivity index (χ1) is 15.9. The molecule has 1 saturated heterocycles.